The summed E-state index contributed by atoms with van der Waals surface area (Å²) in [7, 11) is 0. The van der Waals surface area contributed by atoms with Crippen molar-refractivity contribution < 1.29 is 9.53 Å². The minimum atomic E-state index is -0.641. The van der Waals surface area contributed by atoms with Gasteiger partial charge < -0.3 is 16.2 Å². The predicted molar refractivity (Wildman–Crippen MR) is 85.0 cm³/mol. The highest BCUT2D eigenvalue weighted by Gasteiger charge is 2.15. The zero-order valence-corrected chi connectivity index (χ0v) is 12.6. The lowest BCUT2D eigenvalue weighted by Crippen LogP contribution is -2.13. The van der Waals surface area contributed by atoms with E-state index in [4.69, 9.17) is 27.8 Å². The van der Waals surface area contributed by atoms with Crippen molar-refractivity contribution >= 4 is 23.2 Å². The molecule has 4 N–H and O–H groups in total. The molecule has 2 aromatic rings. The second-order valence-electron chi connectivity index (χ2n) is 5.07. The maximum atomic E-state index is 11.5. The molecule has 1 amide bonds. The lowest BCUT2D eigenvalue weighted by Gasteiger charge is -2.13. The van der Waals surface area contributed by atoms with Gasteiger partial charge >= 0.3 is 0 Å². The molecule has 4 nitrogen and oxygen atoms in total. The maximum Gasteiger partial charge on any atom is 0.252 e. The average Bonchev–Trinajstić information content (AvgIpc) is 2.41. The molecule has 21 heavy (non-hydrogen) atoms. The van der Waals surface area contributed by atoms with Gasteiger partial charge in [0.2, 0.25) is 0 Å². The summed E-state index contributed by atoms with van der Waals surface area (Å²) in [6, 6.07) is 10.6. The molecule has 0 heterocycles. The first-order valence-corrected chi connectivity index (χ1v) is 6.93. The first kappa shape index (κ1) is 15.2. The molecule has 0 aliphatic heterocycles. The summed E-state index contributed by atoms with van der Waals surface area (Å²) in [6.45, 7) is 4.22. The van der Waals surface area contributed by atoms with E-state index in [-0.39, 0.29) is 16.3 Å². The van der Waals surface area contributed by atoms with Crippen molar-refractivity contribution in [1.82, 2.24) is 0 Å². The van der Waals surface area contributed by atoms with Gasteiger partial charge in [-0.05, 0) is 35.7 Å². The Bertz CT molecular complexity index is 667. The van der Waals surface area contributed by atoms with Crippen molar-refractivity contribution in [3.8, 4) is 11.5 Å². The Morgan fingerprint density at radius 1 is 1.19 bits per heavy atom. The molecule has 0 saturated carbocycles. The van der Waals surface area contributed by atoms with Gasteiger partial charge in [-0.1, -0.05) is 37.6 Å². The van der Waals surface area contributed by atoms with E-state index in [1.165, 1.54) is 17.7 Å². The molecule has 2 aromatic carbocycles. The number of benzene rings is 2. The van der Waals surface area contributed by atoms with E-state index in [0.717, 1.165) is 0 Å². The Kier molecular flexibility index (Phi) is 4.38. The smallest absolute Gasteiger partial charge is 0.252 e. The van der Waals surface area contributed by atoms with Crippen molar-refractivity contribution in [2.75, 3.05) is 5.73 Å². The molecule has 0 spiro atoms. The number of primary amides is 1. The van der Waals surface area contributed by atoms with Crippen LogP contribution in [-0.4, -0.2) is 5.91 Å². The van der Waals surface area contributed by atoms with Gasteiger partial charge in [-0.3, -0.25) is 4.79 Å². The third kappa shape index (κ3) is 3.47. The third-order valence-electron chi connectivity index (χ3n) is 3.10. The number of anilines is 1. The van der Waals surface area contributed by atoms with E-state index in [9.17, 15) is 4.79 Å². The summed E-state index contributed by atoms with van der Waals surface area (Å²) in [6.07, 6.45) is 0. The van der Waals surface area contributed by atoms with Crippen LogP contribution in [0.3, 0.4) is 0 Å². The van der Waals surface area contributed by atoms with Gasteiger partial charge in [0.1, 0.15) is 5.75 Å². The van der Waals surface area contributed by atoms with E-state index in [1.54, 1.807) is 0 Å². The van der Waals surface area contributed by atoms with E-state index in [1.807, 2.05) is 24.3 Å². The van der Waals surface area contributed by atoms with E-state index in [2.05, 4.69) is 13.8 Å². The first-order chi connectivity index (χ1) is 9.88. The summed E-state index contributed by atoms with van der Waals surface area (Å²) in [5, 5.41) is 0.247. The van der Waals surface area contributed by atoms with Gasteiger partial charge in [0, 0.05) is 5.69 Å². The molecule has 0 aliphatic rings. The predicted octanol–water partition coefficient (Wildman–Crippen LogP) is 3.94. The Morgan fingerprint density at radius 2 is 1.81 bits per heavy atom. The van der Waals surface area contributed by atoms with Crippen LogP contribution in [0, 0.1) is 0 Å². The van der Waals surface area contributed by atoms with Gasteiger partial charge in [0.05, 0.1) is 10.6 Å². The van der Waals surface area contributed by atoms with Crippen LogP contribution in [0.5, 0.6) is 11.5 Å². The number of carbonyl (C=O) groups excluding carboxylic acids is 1. The number of ether oxygens (including phenoxy) is 1. The van der Waals surface area contributed by atoms with Crippen LogP contribution in [0.15, 0.2) is 36.4 Å². The van der Waals surface area contributed by atoms with Crippen LogP contribution in [0.4, 0.5) is 5.69 Å². The molecule has 0 radical (unpaired) electrons. The number of hydrogen-bond acceptors (Lipinski definition) is 3. The van der Waals surface area contributed by atoms with E-state index in [0.29, 0.717) is 17.4 Å². The van der Waals surface area contributed by atoms with Crippen molar-refractivity contribution in [2.24, 2.45) is 5.73 Å². The van der Waals surface area contributed by atoms with Crippen molar-refractivity contribution in [3.63, 3.8) is 0 Å². The lowest BCUT2D eigenvalue weighted by molar-refractivity contribution is 0.0998. The standard InChI is InChI=1S/C16H17ClN2O2/c1-9(2)10-3-5-12(6-4-10)21-15-13(16(19)20)7-11(18)8-14(15)17/h3-9H,18H2,1-2H3,(H2,19,20). The van der Waals surface area contributed by atoms with Gasteiger partial charge in [0.25, 0.3) is 5.91 Å². The summed E-state index contributed by atoms with van der Waals surface area (Å²) >= 11 is 6.10. The van der Waals surface area contributed by atoms with Crippen LogP contribution in [0.1, 0.15) is 35.7 Å². The van der Waals surface area contributed by atoms with Gasteiger partial charge in [-0.2, -0.15) is 0 Å². The summed E-state index contributed by atoms with van der Waals surface area (Å²) < 4.78 is 5.70. The highest BCUT2D eigenvalue weighted by molar-refractivity contribution is 6.33. The number of rotatable bonds is 4. The second kappa shape index (κ2) is 6.06. The minimum absolute atomic E-state index is 0.160. The average molecular weight is 305 g/mol. The molecule has 0 saturated heterocycles. The molecule has 0 aliphatic carbocycles. The number of halogens is 1. The van der Waals surface area contributed by atoms with E-state index >= 15 is 0 Å². The molecule has 0 unspecified atom stereocenters. The van der Waals surface area contributed by atoms with Crippen molar-refractivity contribution in [2.45, 2.75) is 19.8 Å². The number of carbonyl (C=O) groups is 1. The molecular formula is C16H17ClN2O2. The topological polar surface area (TPSA) is 78.3 Å². The normalized spacial score (nSPS) is 10.7. The maximum absolute atomic E-state index is 11.5. The monoisotopic (exact) mass is 304 g/mol. The van der Waals surface area contributed by atoms with Crippen LogP contribution >= 0.6 is 11.6 Å². The van der Waals surface area contributed by atoms with E-state index < -0.39 is 5.91 Å². The number of nitrogen functional groups attached to an aromatic ring is 1. The molecule has 5 heteroatoms. The Hall–Kier alpha value is -2.20. The Morgan fingerprint density at radius 3 is 2.33 bits per heavy atom. The molecule has 0 bridgehead atoms. The zero-order chi connectivity index (χ0) is 15.6. The minimum Gasteiger partial charge on any atom is -0.455 e. The Labute approximate surface area is 128 Å². The van der Waals surface area contributed by atoms with Gasteiger partial charge in [-0.25, -0.2) is 0 Å². The fourth-order valence-corrected chi connectivity index (χ4v) is 2.21. The second-order valence-corrected chi connectivity index (χ2v) is 5.48. The molecule has 110 valence electrons. The SMILES string of the molecule is CC(C)c1ccc(Oc2c(Cl)cc(N)cc2C(N)=O)cc1. The van der Waals surface area contributed by atoms with Crippen LogP contribution < -0.4 is 16.2 Å². The molecule has 0 aromatic heterocycles. The van der Waals surface area contributed by atoms with Crippen molar-refractivity contribution in [1.29, 1.82) is 0 Å². The highest BCUT2D eigenvalue weighted by atomic mass is 35.5. The summed E-state index contributed by atoms with van der Waals surface area (Å²) in [5.41, 5.74) is 12.7. The highest BCUT2D eigenvalue weighted by Crippen LogP contribution is 2.35. The quantitative estimate of drug-likeness (QED) is 0.840. The van der Waals surface area contributed by atoms with Crippen LogP contribution in [0.25, 0.3) is 0 Å². The molecular weight excluding hydrogens is 288 g/mol. The number of amides is 1. The van der Waals surface area contributed by atoms with Gasteiger partial charge in [0.15, 0.2) is 5.75 Å². The number of hydrogen-bond donors (Lipinski definition) is 2. The Balaban J connectivity index is 2.37. The largest absolute Gasteiger partial charge is 0.455 e. The zero-order valence-electron chi connectivity index (χ0n) is 11.9. The summed E-state index contributed by atoms with van der Waals surface area (Å²) in [5.74, 6) is 0.586. The number of nitrogens with two attached hydrogens (primary N) is 2. The lowest BCUT2D eigenvalue weighted by atomic mass is 10.0. The molecule has 0 atom stereocenters. The molecule has 0 fully saturated rings. The first-order valence-electron chi connectivity index (χ1n) is 6.55. The summed E-state index contributed by atoms with van der Waals surface area (Å²) in [4.78, 5) is 11.5. The van der Waals surface area contributed by atoms with Gasteiger partial charge in [-0.15, -0.1) is 0 Å². The van der Waals surface area contributed by atoms with Crippen molar-refractivity contribution in [3.05, 3.63) is 52.5 Å². The van der Waals surface area contributed by atoms with Crippen LogP contribution in [-0.2, 0) is 0 Å². The molecule has 2 rings (SSSR count). The van der Waals surface area contributed by atoms with Crippen LogP contribution in [0.2, 0.25) is 5.02 Å². The third-order valence-corrected chi connectivity index (χ3v) is 3.38. The fourth-order valence-electron chi connectivity index (χ4n) is 1.94. The fraction of sp³-hybridized carbons (Fsp3) is 0.188.